The number of anilines is 1. The van der Waals surface area contributed by atoms with Crippen LogP contribution in [-0.4, -0.2) is 17.0 Å². The van der Waals surface area contributed by atoms with Crippen LogP contribution in [0.2, 0.25) is 0 Å². The number of carboxylic acids is 1. The number of benzene rings is 1. The molecule has 4 nitrogen and oxygen atoms in total. The Morgan fingerprint density at radius 1 is 1.08 bits per heavy atom. The van der Waals surface area contributed by atoms with Crippen LogP contribution in [-0.2, 0) is 16.0 Å². The number of amides is 1. The third-order valence-electron chi connectivity index (χ3n) is 4.96. The third-order valence-corrected chi connectivity index (χ3v) is 4.96. The quantitative estimate of drug-likeness (QED) is 0.759. The van der Waals surface area contributed by atoms with Gasteiger partial charge < -0.3 is 10.4 Å². The first-order valence-corrected chi connectivity index (χ1v) is 8.70. The Balaban J connectivity index is 2.06. The fourth-order valence-corrected chi connectivity index (χ4v) is 3.20. The third kappa shape index (κ3) is 4.47. The zero-order valence-corrected chi connectivity index (χ0v) is 14.8. The second kappa shape index (κ2) is 8.13. The van der Waals surface area contributed by atoms with Gasteiger partial charge in [-0.25, -0.2) is 0 Å². The van der Waals surface area contributed by atoms with Gasteiger partial charge in [-0.1, -0.05) is 36.6 Å². The Kier molecular flexibility index (Phi) is 6.18. The van der Waals surface area contributed by atoms with Gasteiger partial charge in [-0.05, 0) is 57.2 Å². The van der Waals surface area contributed by atoms with E-state index >= 15 is 0 Å². The first-order chi connectivity index (χ1) is 11.4. The largest absolute Gasteiger partial charge is 0.481 e. The van der Waals surface area contributed by atoms with Gasteiger partial charge in [-0.15, -0.1) is 0 Å². The lowest BCUT2D eigenvalue weighted by molar-refractivity contribution is -0.146. The Hall–Kier alpha value is -2.10. The summed E-state index contributed by atoms with van der Waals surface area (Å²) in [6.07, 6.45) is 4.32. The highest BCUT2D eigenvalue weighted by molar-refractivity contribution is 5.95. The van der Waals surface area contributed by atoms with E-state index in [0.717, 1.165) is 36.1 Å². The van der Waals surface area contributed by atoms with E-state index in [4.69, 9.17) is 0 Å². The molecule has 0 unspecified atom stereocenters. The molecule has 24 heavy (non-hydrogen) atoms. The molecule has 130 valence electrons. The van der Waals surface area contributed by atoms with Crippen LogP contribution in [0.1, 0.15) is 52.0 Å². The lowest BCUT2D eigenvalue weighted by Gasteiger charge is -2.29. The number of carboxylic acid groups (broad SMARTS) is 1. The molecule has 1 aliphatic rings. The van der Waals surface area contributed by atoms with Crippen molar-refractivity contribution in [2.24, 2.45) is 11.8 Å². The minimum Gasteiger partial charge on any atom is -0.481 e. The van der Waals surface area contributed by atoms with Gasteiger partial charge in [0.15, 0.2) is 0 Å². The highest BCUT2D eigenvalue weighted by atomic mass is 16.4. The minimum atomic E-state index is -0.892. The maximum absolute atomic E-state index is 12.6. The zero-order valence-electron chi connectivity index (χ0n) is 14.8. The maximum Gasteiger partial charge on any atom is 0.307 e. The summed E-state index contributed by atoms with van der Waals surface area (Å²) in [5.74, 6) is -2.24. The predicted molar refractivity (Wildman–Crippen MR) is 95.9 cm³/mol. The lowest BCUT2D eigenvalue weighted by atomic mass is 9.76. The first-order valence-electron chi connectivity index (χ1n) is 8.70. The molecule has 1 amide bonds. The average molecular weight is 329 g/mol. The van der Waals surface area contributed by atoms with Gasteiger partial charge in [0.1, 0.15) is 0 Å². The first kappa shape index (κ1) is 18.2. The number of rotatable bonds is 6. The Morgan fingerprint density at radius 3 is 2.21 bits per heavy atom. The Bertz CT molecular complexity index is 631. The highest BCUT2D eigenvalue weighted by Crippen LogP contribution is 2.35. The molecular formula is C20H27NO3. The normalized spacial score (nSPS) is 20.8. The molecule has 2 N–H and O–H groups in total. The summed E-state index contributed by atoms with van der Waals surface area (Å²) in [6, 6.07) is 7.84. The van der Waals surface area contributed by atoms with Gasteiger partial charge in [-0.3, -0.25) is 9.59 Å². The van der Waals surface area contributed by atoms with Crippen LogP contribution in [0.3, 0.4) is 0 Å². The summed E-state index contributed by atoms with van der Waals surface area (Å²) in [6.45, 7) is 6.10. The van der Waals surface area contributed by atoms with Gasteiger partial charge in [-0.2, -0.15) is 0 Å². The number of nitrogens with one attached hydrogen (secondary N) is 1. The van der Waals surface area contributed by atoms with E-state index in [1.54, 1.807) is 0 Å². The van der Waals surface area contributed by atoms with Gasteiger partial charge >= 0.3 is 5.97 Å². The van der Waals surface area contributed by atoms with Crippen LogP contribution in [0, 0.1) is 11.8 Å². The van der Waals surface area contributed by atoms with Crippen molar-refractivity contribution in [2.45, 2.75) is 52.9 Å². The molecule has 0 aromatic heterocycles. The van der Waals surface area contributed by atoms with E-state index in [0.29, 0.717) is 12.8 Å². The summed E-state index contributed by atoms with van der Waals surface area (Å²) in [5.41, 5.74) is 4.20. The number of aryl methyl sites for hydroxylation is 1. The molecule has 4 heteroatoms. The number of hydrogen-bond acceptors (Lipinski definition) is 2. The zero-order chi connectivity index (χ0) is 17.7. The molecule has 2 atom stereocenters. The number of carbonyl (C=O) groups excluding carboxylic acids is 1. The van der Waals surface area contributed by atoms with Crippen molar-refractivity contribution in [3.8, 4) is 0 Å². The van der Waals surface area contributed by atoms with Crippen molar-refractivity contribution in [2.75, 3.05) is 5.32 Å². The minimum absolute atomic E-state index is 0.199. The van der Waals surface area contributed by atoms with Crippen molar-refractivity contribution in [3.05, 3.63) is 41.0 Å². The summed E-state index contributed by atoms with van der Waals surface area (Å²) in [5, 5.41) is 12.3. The molecule has 1 aliphatic carbocycles. The molecule has 1 aromatic rings. The summed E-state index contributed by atoms with van der Waals surface area (Å²) >= 11 is 0. The highest BCUT2D eigenvalue weighted by Gasteiger charge is 2.37. The van der Waals surface area contributed by atoms with Crippen LogP contribution >= 0.6 is 0 Å². The molecule has 2 rings (SSSR count). The molecule has 0 spiro atoms. The molecule has 0 bridgehead atoms. The standard InChI is InChI=1S/C20H27NO3/c1-4-5-6-15-7-9-16(10-8-15)21-19(22)17-11-13(2)14(3)12-18(17)20(23)24/h7-10,17-18H,4-6,11-12H2,1-3H3,(H,21,22)(H,23,24)/t17-,18+/m1/s1. The topological polar surface area (TPSA) is 66.4 Å². The van der Waals surface area contributed by atoms with Crippen molar-refractivity contribution < 1.29 is 14.7 Å². The van der Waals surface area contributed by atoms with Crippen molar-refractivity contribution in [1.29, 1.82) is 0 Å². The summed E-state index contributed by atoms with van der Waals surface area (Å²) in [4.78, 5) is 24.1. The van der Waals surface area contributed by atoms with Crippen LogP contribution < -0.4 is 5.32 Å². The van der Waals surface area contributed by atoms with E-state index < -0.39 is 17.8 Å². The molecule has 0 saturated carbocycles. The SMILES string of the molecule is CCCCc1ccc(NC(=O)[C@@H]2CC(C)=C(C)C[C@@H]2C(=O)O)cc1. The van der Waals surface area contributed by atoms with Gasteiger partial charge in [0.25, 0.3) is 0 Å². The second-order valence-corrected chi connectivity index (χ2v) is 6.81. The lowest BCUT2D eigenvalue weighted by Crippen LogP contribution is -2.36. The van der Waals surface area contributed by atoms with E-state index in [2.05, 4.69) is 12.2 Å². The van der Waals surface area contributed by atoms with E-state index in [1.165, 1.54) is 5.56 Å². The monoisotopic (exact) mass is 329 g/mol. The van der Waals surface area contributed by atoms with Gasteiger partial charge in [0.05, 0.1) is 11.8 Å². The number of aliphatic carboxylic acids is 1. The van der Waals surface area contributed by atoms with Crippen LogP contribution in [0.4, 0.5) is 5.69 Å². The van der Waals surface area contributed by atoms with Crippen LogP contribution in [0.5, 0.6) is 0 Å². The number of hydrogen-bond donors (Lipinski definition) is 2. The molecule has 0 saturated heterocycles. The predicted octanol–water partition coefficient (Wildman–Crippen LogP) is 4.41. The number of carbonyl (C=O) groups is 2. The van der Waals surface area contributed by atoms with Crippen LogP contribution in [0.25, 0.3) is 0 Å². The Morgan fingerprint density at radius 2 is 1.67 bits per heavy atom. The van der Waals surface area contributed by atoms with E-state index in [-0.39, 0.29) is 5.91 Å². The molecule has 1 aromatic carbocycles. The molecule has 0 aliphatic heterocycles. The second-order valence-electron chi connectivity index (χ2n) is 6.81. The number of unbranched alkanes of at least 4 members (excludes halogenated alkanes) is 1. The maximum atomic E-state index is 12.6. The molecule has 0 heterocycles. The fraction of sp³-hybridized carbons (Fsp3) is 0.500. The van der Waals surface area contributed by atoms with Crippen molar-refractivity contribution >= 4 is 17.6 Å². The van der Waals surface area contributed by atoms with Gasteiger partial charge in [0.2, 0.25) is 5.91 Å². The van der Waals surface area contributed by atoms with Crippen molar-refractivity contribution in [1.82, 2.24) is 0 Å². The van der Waals surface area contributed by atoms with Crippen molar-refractivity contribution in [3.63, 3.8) is 0 Å². The van der Waals surface area contributed by atoms with Crippen LogP contribution in [0.15, 0.2) is 35.4 Å². The average Bonchev–Trinajstić information content (AvgIpc) is 2.56. The van der Waals surface area contributed by atoms with Gasteiger partial charge in [0, 0.05) is 5.69 Å². The summed E-state index contributed by atoms with van der Waals surface area (Å²) in [7, 11) is 0. The fourth-order valence-electron chi connectivity index (χ4n) is 3.20. The number of allylic oxidation sites excluding steroid dienone is 2. The van der Waals surface area contributed by atoms with E-state index in [9.17, 15) is 14.7 Å². The molecular weight excluding hydrogens is 302 g/mol. The Labute approximate surface area is 144 Å². The smallest absolute Gasteiger partial charge is 0.307 e. The van der Waals surface area contributed by atoms with E-state index in [1.807, 2.05) is 38.1 Å². The summed E-state index contributed by atoms with van der Waals surface area (Å²) < 4.78 is 0. The molecule has 0 radical (unpaired) electrons. The molecule has 0 fully saturated rings.